The Bertz CT molecular complexity index is 514. The second-order valence-electron chi connectivity index (χ2n) is 4.11. The van der Waals surface area contributed by atoms with Crippen LogP contribution in [0.15, 0.2) is 16.6 Å². The molecular weight excluding hydrogens is 264 g/mol. The number of hydrogen-bond acceptors (Lipinski definition) is 1. The van der Waals surface area contributed by atoms with Gasteiger partial charge in [0.2, 0.25) is 0 Å². The van der Waals surface area contributed by atoms with Gasteiger partial charge in [-0.15, -0.1) is 0 Å². The fourth-order valence-electron chi connectivity index (χ4n) is 2.26. The fourth-order valence-corrected chi connectivity index (χ4v) is 2.76. The summed E-state index contributed by atoms with van der Waals surface area (Å²) in [5.74, 6) is 0. The van der Waals surface area contributed by atoms with Gasteiger partial charge in [-0.3, -0.25) is 0 Å². The predicted octanol–water partition coefficient (Wildman–Crippen LogP) is 3.30. The first-order valence-electron chi connectivity index (χ1n) is 5.67. The summed E-state index contributed by atoms with van der Waals surface area (Å²) < 4.78 is 1.15. The first-order valence-corrected chi connectivity index (χ1v) is 6.46. The lowest BCUT2D eigenvalue weighted by atomic mass is 10.0. The highest BCUT2D eigenvalue weighted by Crippen LogP contribution is 2.29. The molecule has 1 aromatic heterocycles. The normalized spacial score (nSPS) is 11.2. The summed E-state index contributed by atoms with van der Waals surface area (Å²) in [6, 6.07) is 4.37. The van der Waals surface area contributed by atoms with Gasteiger partial charge in [-0.25, -0.2) is 0 Å². The van der Waals surface area contributed by atoms with Gasteiger partial charge in [-0.05, 0) is 49.6 Å². The van der Waals surface area contributed by atoms with Gasteiger partial charge >= 0.3 is 0 Å². The van der Waals surface area contributed by atoms with Crippen molar-refractivity contribution in [3.05, 3.63) is 33.4 Å². The van der Waals surface area contributed by atoms with E-state index in [2.05, 4.69) is 46.9 Å². The highest BCUT2D eigenvalue weighted by Gasteiger charge is 2.11. The Kier molecular flexibility index (Phi) is 3.36. The topological polar surface area (TPSA) is 41.8 Å². The number of halogens is 1. The Morgan fingerprint density at radius 1 is 1.38 bits per heavy atom. The maximum absolute atomic E-state index is 5.66. The molecule has 0 saturated heterocycles. The SMILES string of the molecule is CCc1cc(Br)cc2c(CCN)c(C)[nH]c12. The predicted molar refractivity (Wildman–Crippen MR) is 72.9 cm³/mol. The van der Waals surface area contributed by atoms with E-state index in [1.165, 1.54) is 27.7 Å². The summed E-state index contributed by atoms with van der Waals surface area (Å²) in [5.41, 5.74) is 10.9. The van der Waals surface area contributed by atoms with Gasteiger partial charge in [-0.1, -0.05) is 22.9 Å². The lowest BCUT2D eigenvalue weighted by molar-refractivity contribution is 0.963. The highest BCUT2D eigenvalue weighted by atomic mass is 79.9. The van der Waals surface area contributed by atoms with Crippen molar-refractivity contribution in [2.45, 2.75) is 26.7 Å². The van der Waals surface area contributed by atoms with Crippen LogP contribution in [-0.2, 0) is 12.8 Å². The molecule has 2 nitrogen and oxygen atoms in total. The van der Waals surface area contributed by atoms with E-state index in [9.17, 15) is 0 Å². The van der Waals surface area contributed by atoms with Gasteiger partial charge in [0.25, 0.3) is 0 Å². The number of aromatic nitrogens is 1. The number of H-pyrrole nitrogens is 1. The van der Waals surface area contributed by atoms with Crippen molar-refractivity contribution < 1.29 is 0 Å². The largest absolute Gasteiger partial charge is 0.358 e. The Morgan fingerprint density at radius 2 is 2.12 bits per heavy atom. The molecule has 16 heavy (non-hydrogen) atoms. The van der Waals surface area contributed by atoms with Gasteiger partial charge in [0, 0.05) is 21.1 Å². The molecule has 3 heteroatoms. The zero-order valence-corrected chi connectivity index (χ0v) is 11.3. The first kappa shape index (κ1) is 11.7. The van der Waals surface area contributed by atoms with Crippen molar-refractivity contribution >= 4 is 26.8 Å². The third-order valence-electron chi connectivity index (χ3n) is 3.05. The van der Waals surface area contributed by atoms with E-state index in [0.717, 1.165) is 17.3 Å². The van der Waals surface area contributed by atoms with Crippen LogP contribution in [0.5, 0.6) is 0 Å². The summed E-state index contributed by atoms with van der Waals surface area (Å²) in [4.78, 5) is 3.48. The van der Waals surface area contributed by atoms with Crippen LogP contribution in [0.3, 0.4) is 0 Å². The fraction of sp³-hybridized carbons (Fsp3) is 0.385. The Hall–Kier alpha value is -0.800. The number of benzene rings is 1. The van der Waals surface area contributed by atoms with Crippen molar-refractivity contribution in [2.24, 2.45) is 5.73 Å². The molecule has 3 N–H and O–H groups in total. The van der Waals surface area contributed by atoms with Crippen LogP contribution >= 0.6 is 15.9 Å². The van der Waals surface area contributed by atoms with Crippen LogP contribution in [0, 0.1) is 6.92 Å². The number of aryl methyl sites for hydroxylation is 2. The Morgan fingerprint density at radius 3 is 2.75 bits per heavy atom. The van der Waals surface area contributed by atoms with E-state index in [1.807, 2.05) is 0 Å². The Labute approximate surface area is 104 Å². The molecule has 1 heterocycles. The number of aromatic amines is 1. The minimum absolute atomic E-state index is 0.696. The van der Waals surface area contributed by atoms with Crippen molar-refractivity contribution in [1.82, 2.24) is 4.98 Å². The summed E-state index contributed by atoms with van der Waals surface area (Å²) >= 11 is 3.57. The molecule has 0 radical (unpaired) electrons. The van der Waals surface area contributed by atoms with Crippen molar-refractivity contribution in [3.8, 4) is 0 Å². The zero-order chi connectivity index (χ0) is 11.7. The smallest absolute Gasteiger partial charge is 0.0492 e. The molecule has 0 amide bonds. The van der Waals surface area contributed by atoms with E-state index >= 15 is 0 Å². The van der Waals surface area contributed by atoms with Gasteiger partial charge in [0.1, 0.15) is 0 Å². The molecule has 0 fully saturated rings. The van der Waals surface area contributed by atoms with E-state index in [-0.39, 0.29) is 0 Å². The summed E-state index contributed by atoms with van der Waals surface area (Å²) in [6.07, 6.45) is 1.98. The van der Waals surface area contributed by atoms with E-state index < -0.39 is 0 Å². The highest BCUT2D eigenvalue weighted by molar-refractivity contribution is 9.10. The molecule has 1 aromatic carbocycles. The number of fused-ring (bicyclic) bond motifs is 1. The standard InChI is InChI=1S/C13H17BrN2/c1-3-9-6-10(14)7-12-11(4-5-15)8(2)16-13(9)12/h6-7,16H,3-5,15H2,1-2H3. The summed E-state index contributed by atoms with van der Waals surface area (Å²) in [6.45, 7) is 5.00. The average Bonchev–Trinajstić information content (AvgIpc) is 2.56. The molecule has 0 spiro atoms. The average molecular weight is 281 g/mol. The van der Waals surface area contributed by atoms with Crippen LogP contribution in [-0.4, -0.2) is 11.5 Å². The number of rotatable bonds is 3. The van der Waals surface area contributed by atoms with E-state index in [4.69, 9.17) is 5.73 Å². The second kappa shape index (κ2) is 4.60. The second-order valence-corrected chi connectivity index (χ2v) is 5.02. The van der Waals surface area contributed by atoms with Gasteiger partial charge in [0.15, 0.2) is 0 Å². The summed E-state index contributed by atoms with van der Waals surface area (Å²) in [5, 5.41) is 1.31. The Balaban J connectivity index is 2.73. The molecule has 0 aliphatic carbocycles. The van der Waals surface area contributed by atoms with Crippen molar-refractivity contribution in [1.29, 1.82) is 0 Å². The van der Waals surface area contributed by atoms with Crippen LogP contribution in [0.2, 0.25) is 0 Å². The van der Waals surface area contributed by atoms with Crippen LogP contribution in [0.1, 0.15) is 23.7 Å². The van der Waals surface area contributed by atoms with Crippen LogP contribution in [0.25, 0.3) is 10.9 Å². The van der Waals surface area contributed by atoms with Gasteiger partial charge < -0.3 is 10.7 Å². The summed E-state index contributed by atoms with van der Waals surface area (Å²) in [7, 11) is 0. The molecule has 86 valence electrons. The minimum Gasteiger partial charge on any atom is -0.358 e. The first-order chi connectivity index (χ1) is 7.67. The molecule has 0 aliphatic rings. The minimum atomic E-state index is 0.696. The zero-order valence-electron chi connectivity index (χ0n) is 9.73. The maximum atomic E-state index is 5.66. The van der Waals surface area contributed by atoms with Crippen LogP contribution in [0.4, 0.5) is 0 Å². The lowest BCUT2D eigenvalue weighted by Gasteiger charge is -2.02. The van der Waals surface area contributed by atoms with Crippen molar-refractivity contribution in [2.75, 3.05) is 6.54 Å². The lowest BCUT2D eigenvalue weighted by Crippen LogP contribution is -2.03. The quantitative estimate of drug-likeness (QED) is 0.890. The van der Waals surface area contributed by atoms with Crippen LogP contribution < -0.4 is 5.73 Å². The van der Waals surface area contributed by atoms with E-state index in [0.29, 0.717) is 6.54 Å². The molecule has 0 atom stereocenters. The van der Waals surface area contributed by atoms with Gasteiger partial charge in [-0.2, -0.15) is 0 Å². The molecule has 0 saturated carbocycles. The number of nitrogens with one attached hydrogen (secondary N) is 1. The maximum Gasteiger partial charge on any atom is 0.0492 e. The number of hydrogen-bond donors (Lipinski definition) is 2. The molecule has 0 unspecified atom stereocenters. The molecule has 0 aliphatic heterocycles. The van der Waals surface area contributed by atoms with Gasteiger partial charge in [0.05, 0.1) is 0 Å². The number of nitrogens with two attached hydrogens (primary N) is 1. The molecule has 2 aromatic rings. The molecular formula is C13H17BrN2. The third kappa shape index (κ3) is 1.89. The molecule has 2 rings (SSSR count). The monoisotopic (exact) mass is 280 g/mol. The molecule has 0 bridgehead atoms. The van der Waals surface area contributed by atoms with E-state index in [1.54, 1.807) is 0 Å². The van der Waals surface area contributed by atoms with Crippen molar-refractivity contribution in [3.63, 3.8) is 0 Å². The third-order valence-corrected chi connectivity index (χ3v) is 3.51.